The molecule has 6 heteroatoms. The molecule has 0 bridgehead atoms. The number of aromatic amines is 1. The highest BCUT2D eigenvalue weighted by Gasteiger charge is 2.49. The minimum atomic E-state index is -0.608. The van der Waals surface area contributed by atoms with Crippen LogP contribution in [0.2, 0.25) is 0 Å². The molecule has 0 fully saturated rings. The van der Waals surface area contributed by atoms with Gasteiger partial charge < -0.3 is 4.74 Å². The highest BCUT2D eigenvalue weighted by atomic mass is 16.5. The number of nitrogens with zero attached hydrogens (tertiary/aromatic N) is 1. The minimum absolute atomic E-state index is 0.0138. The molecular weight excluding hydrogens is 356 g/mol. The van der Waals surface area contributed by atoms with E-state index in [0.29, 0.717) is 24.2 Å². The Morgan fingerprint density at radius 3 is 2.54 bits per heavy atom. The molecule has 0 saturated carbocycles. The molecule has 140 valence electrons. The molecule has 28 heavy (non-hydrogen) atoms. The molecule has 5 rings (SSSR count). The Morgan fingerprint density at radius 1 is 1.04 bits per heavy atom. The summed E-state index contributed by atoms with van der Waals surface area (Å²) in [6.45, 7) is 4.00. The van der Waals surface area contributed by atoms with Crippen molar-refractivity contribution in [3.63, 3.8) is 0 Å². The quantitative estimate of drug-likeness (QED) is 0.825. The molecule has 3 aliphatic rings. The number of ketones is 3. The van der Waals surface area contributed by atoms with Gasteiger partial charge in [-0.2, -0.15) is 5.10 Å². The second-order valence-corrected chi connectivity index (χ2v) is 8.28. The Morgan fingerprint density at radius 2 is 1.79 bits per heavy atom. The number of carbonyl (C=O) groups is 3. The van der Waals surface area contributed by atoms with Gasteiger partial charge in [0.05, 0.1) is 17.3 Å². The van der Waals surface area contributed by atoms with E-state index >= 15 is 0 Å². The molecule has 0 spiro atoms. The molecule has 0 radical (unpaired) electrons. The van der Waals surface area contributed by atoms with Gasteiger partial charge in [-0.3, -0.25) is 19.5 Å². The van der Waals surface area contributed by atoms with Crippen molar-refractivity contribution in [2.75, 3.05) is 0 Å². The first-order valence-electron chi connectivity index (χ1n) is 9.23. The van der Waals surface area contributed by atoms with Gasteiger partial charge in [0, 0.05) is 24.3 Å². The molecule has 1 aromatic heterocycles. The average molecular weight is 374 g/mol. The van der Waals surface area contributed by atoms with Crippen molar-refractivity contribution in [2.24, 2.45) is 5.41 Å². The van der Waals surface area contributed by atoms with Crippen LogP contribution in [0.3, 0.4) is 0 Å². The normalized spacial score (nSPS) is 23.2. The third-order valence-electron chi connectivity index (χ3n) is 5.62. The van der Waals surface area contributed by atoms with Crippen LogP contribution in [0.15, 0.2) is 59.2 Å². The highest BCUT2D eigenvalue weighted by molar-refractivity contribution is 6.27. The van der Waals surface area contributed by atoms with Crippen molar-refractivity contribution in [3.05, 3.63) is 76.0 Å². The molecule has 1 aromatic carbocycles. The number of hydrogen-bond donors (Lipinski definition) is 1. The van der Waals surface area contributed by atoms with Crippen LogP contribution >= 0.6 is 0 Å². The third-order valence-corrected chi connectivity index (χ3v) is 5.62. The minimum Gasteiger partial charge on any atom is -0.457 e. The summed E-state index contributed by atoms with van der Waals surface area (Å²) in [6.07, 6.45) is 2.27. The molecule has 2 aliphatic carbocycles. The van der Waals surface area contributed by atoms with Crippen LogP contribution in [0.1, 0.15) is 59.0 Å². The molecule has 1 aliphatic heterocycles. The number of H-pyrrole nitrogens is 1. The fraction of sp³-hybridized carbons (Fsp3) is 0.273. The fourth-order valence-corrected chi connectivity index (χ4v) is 4.42. The van der Waals surface area contributed by atoms with Gasteiger partial charge in [-0.25, -0.2) is 0 Å². The van der Waals surface area contributed by atoms with Crippen molar-refractivity contribution >= 4 is 17.3 Å². The van der Waals surface area contributed by atoms with Crippen molar-refractivity contribution < 1.29 is 19.1 Å². The Hall–Kier alpha value is -3.28. The van der Waals surface area contributed by atoms with Gasteiger partial charge in [-0.05, 0) is 11.0 Å². The lowest BCUT2D eigenvalue weighted by molar-refractivity contribution is -0.119. The standard InChI is InChI=1S/C22H18N2O4/c1-22(2)8-13(25)16-14(9-22)28-21-17(15(16)11-6-4-3-5-7-11)19(26)12-10-23-24-18(12)20(21)27/h3-7,10,15H,8-9H2,1-2H3,(H,23,24). The summed E-state index contributed by atoms with van der Waals surface area (Å²) in [5, 5.41) is 6.46. The number of rotatable bonds is 1. The first-order valence-corrected chi connectivity index (χ1v) is 9.23. The lowest BCUT2D eigenvalue weighted by Crippen LogP contribution is -2.37. The average Bonchev–Trinajstić information content (AvgIpc) is 3.14. The fourth-order valence-electron chi connectivity index (χ4n) is 4.42. The first kappa shape index (κ1) is 16.9. The van der Waals surface area contributed by atoms with Gasteiger partial charge in [0.2, 0.25) is 5.78 Å². The number of carbonyl (C=O) groups excluding carboxylic acids is 3. The van der Waals surface area contributed by atoms with Gasteiger partial charge in [0.25, 0.3) is 0 Å². The predicted octanol–water partition coefficient (Wildman–Crippen LogP) is 3.50. The van der Waals surface area contributed by atoms with E-state index < -0.39 is 11.7 Å². The van der Waals surface area contributed by atoms with E-state index in [0.717, 1.165) is 5.56 Å². The van der Waals surface area contributed by atoms with E-state index in [4.69, 9.17) is 4.74 Å². The molecule has 1 N–H and O–H groups in total. The van der Waals surface area contributed by atoms with Gasteiger partial charge >= 0.3 is 0 Å². The number of allylic oxidation sites excluding steroid dienone is 4. The lowest BCUT2D eigenvalue weighted by atomic mass is 9.68. The lowest BCUT2D eigenvalue weighted by Gasteiger charge is -2.39. The molecule has 2 heterocycles. The highest BCUT2D eigenvalue weighted by Crippen LogP contribution is 2.50. The monoisotopic (exact) mass is 374 g/mol. The van der Waals surface area contributed by atoms with E-state index in [1.54, 1.807) is 0 Å². The van der Waals surface area contributed by atoms with Crippen LogP contribution in [0.5, 0.6) is 0 Å². The smallest absolute Gasteiger partial charge is 0.247 e. The van der Waals surface area contributed by atoms with E-state index in [2.05, 4.69) is 10.2 Å². The maximum Gasteiger partial charge on any atom is 0.247 e. The number of nitrogens with one attached hydrogen (secondary N) is 1. The number of benzene rings is 1. The molecule has 0 amide bonds. The number of hydrogen-bond acceptors (Lipinski definition) is 5. The topological polar surface area (TPSA) is 89.1 Å². The molecule has 6 nitrogen and oxygen atoms in total. The van der Waals surface area contributed by atoms with Crippen molar-refractivity contribution in [2.45, 2.75) is 32.6 Å². The van der Waals surface area contributed by atoms with E-state index in [-0.39, 0.29) is 39.6 Å². The van der Waals surface area contributed by atoms with E-state index in [1.165, 1.54) is 6.20 Å². The summed E-state index contributed by atoms with van der Waals surface area (Å²) in [4.78, 5) is 39.4. The maximum absolute atomic E-state index is 13.3. The molecular formula is C22H18N2O4. The second kappa shape index (κ2) is 5.61. The largest absolute Gasteiger partial charge is 0.457 e. The Kier molecular flexibility index (Phi) is 3.38. The zero-order valence-electron chi connectivity index (χ0n) is 15.5. The van der Waals surface area contributed by atoms with Crippen LogP contribution in [0.25, 0.3) is 0 Å². The number of Topliss-reactive ketones (excluding diaryl/α,β-unsaturated/α-hetero) is 3. The zero-order valence-corrected chi connectivity index (χ0v) is 15.5. The summed E-state index contributed by atoms with van der Waals surface area (Å²) in [5.74, 6) is -0.854. The summed E-state index contributed by atoms with van der Waals surface area (Å²) in [6, 6.07) is 9.35. The van der Waals surface area contributed by atoms with Gasteiger partial charge in [0.1, 0.15) is 11.5 Å². The van der Waals surface area contributed by atoms with Crippen LogP contribution in [-0.4, -0.2) is 27.5 Å². The summed E-state index contributed by atoms with van der Waals surface area (Å²) < 4.78 is 5.98. The van der Waals surface area contributed by atoms with Crippen molar-refractivity contribution in [1.82, 2.24) is 10.2 Å². The Labute approximate surface area is 161 Å². The van der Waals surface area contributed by atoms with Crippen LogP contribution < -0.4 is 0 Å². The Bertz CT molecular complexity index is 1120. The van der Waals surface area contributed by atoms with Crippen LogP contribution in [-0.2, 0) is 9.53 Å². The SMILES string of the molecule is CC1(C)CC(=O)C2=C(C1)OC1=C(C(=O)c3cn[nH]c3C1=O)C2c1ccccc1. The molecule has 1 unspecified atom stereocenters. The number of aromatic nitrogens is 2. The first-order chi connectivity index (χ1) is 13.4. The zero-order chi connectivity index (χ0) is 19.6. The Balaban J connectivity index is 1.76. The van der Waals surface area contributed by atoms with Crippen molar-refractivity contribution in [3.8, 4) is 0 Å². The summed E-state index contributed by atoms with van der Waals surface area (Å²) in [7, 11) is 0. The predicted molar refractivity (Wildman–Crippen MR) is 99.6 cm³/mol. The van der Waals surface area contributed by atoms with E-state index in [9.17, 15) is 14.4 Å². The van der Waals surface area contributed by atoms with E-state index in [1.807, 2.05) is 44.2 Å². The summed E-state index contributed by atoms with van der Waals surface area (Å²) >= 11 is 0. The van der Waals surface area contributed by atoms with Gasteiger partial charge in [0.15, 0.2) is 17.3 Å². The molecule has 2 aromatic rings. The number of ether oxygens (including phenoxy) is 1. The van der Waals surface area contributed by atoms with Gasteiger partial charge in [-0.15, -0.1) is 0 Å². The van der Waals surface area contributed by atoms with Gasteiger partial charge in [-0.1, -0.05) is 44.2 Å². The maximum atomic E-state index is 13.3. The molecule has 1 atom stereocenters. The third kappa shape index (κ3) is 2.27. The second-order valence-electron chi connectivity index (χ2n) is 8.28. The van der Waals surface area contributed by atoms with Crippen molar-refractivity contribution in [1.29, 1.82) is 0 Å². The van der Waals surface area contributed by atoms with Crippen LogP contribution in [0, 0.1) is 5.41 Å². The molecule has 0 saturated heterocycles. The summed E-state index contributed by atoms with van der Waals surface area (Å²) in [5.41, 5.74) is 1.62. The number of fused-ring (bicyclic) bond motifs is 1. The van der Waals surface area contributed by atoms with Crippen LogP contribution in [0.4, 0.5) is 0 Å².